The number of nitrogens with one attached hydrogen (secondary N) is 1. The van der Waals surface area contributed by atoms with Gasteiger partial charge in [-0.1, -0.05) is 6.07 Å². The Bertz CT molecular complexity index is 494. The smallest absolute Gasteiger partial charge is 0.404 e. The maximum atomic E-state index is 10.4. The van der Waals surface area contributed by atoms with Crippen molar-refractivity contribution >= 4 is 11.9 Å². The van der Waals surface area contributed by atoms with Crippen LogP contribution >= 0.6 is 0 Å². The van der Waals surface area contributed by atoms with E-state index in [1.807, 2.05) is 0 Å². The van der Waals surface area contributed by atoms with Crippen LogP contribution in [0.2, 0.25) is 0 Å². The number of hydrogen-bond donors (Lipinski definition) is 2. The highest BCUT2D eigenvalue weighted by molar-refractivity contribution is 5.64. The molecule has 2 N–H and O–H groups in total. The van der Waals surface area contributed by atoms with Gasteiger partial charge in [-0.15, -0.1) is 0 Å². The summed E-state index contributed by atoms with van der Waals surface area (Å²) >= 11 is 0. The second-order valence-electron chi connectivity index (χ2n) is 6.15. The van der Waals surface area contributed by atoms with Crippen LogP contribution in [0, 0.1) is 5.92 Å². The van der Waals surface area contributed by atoms with Crippen molar-refractivity contribution in [2.45, 2.75) is 38.0 Å². The highest BCUT2D eigenvalue weighted by atomic mass is 16.4. The van der Waals surface area contributed by atoms with Crippen molar-refractivity contribution < 1.29 is 9.90 Å². The molecule has 5 nitrogen and oxygen atoms in total. The summed E-state index contributed by atoms with van der Waals surface area (Å²) < 4.78 is 0. The number of carboxylic acid groups (broad SMARTS) is 1. The summed E-state index contributed by atoms with van der Waals surface area (Å²) in [4.78, 5) is 17.6. The van der Waals surface area contributed by atoms with Gasteiger partial charge in [0.1, 0.15) is 5.82 Å². The van der Waals surface area contributed by atoms with E-state index >= 15 is 0 Å². The fourth-order valence-corrected chi connectivity index (χ4v) is 3.06. The molecule has 0 bridgehead atoms. The van der Waals surface area contributed by atoms with Gasteiger partial charge in [-0.25, -0.2) is 9.78 Å². The van der Waals surface area contributed by atoms with Crippen LogP contribution in [0.4, 0.5) is 10.6 Å². The quantitative estimate of drug-likeness (QED) is 0.875. The van der Waals surface area contributed by atoms with Crippen molar-refractivity contribution in [3.05, 3.63) is 23.9 Å². The number of amides is 1. The summed E-state index contributed by atoms with van der Waals surface area (Å²) in [5.41, 5.74) is 1.25. The van der Waals surface area contributed by atoms with E-state index in [4.69, 9.17) is 10.1 Å². The van der Waals surface area contributed by atoms with Crippen molar-refractivity contribution in [3.8, 4) is 0 Å². The molecule has 1 saturated heterocycles. The summed E-state index contributed by atoms with van der Waals surface area (Å²) in [6.07, 6.45) is 4.83. The molecule has 0 spiro atoms. The number of pyridine rings is 1. The fourth-order valence-electron chi connectivity index (χ4n) is 3.06. The van der Waals surface area contributed by atoms with Gasteiger partial charge in [-0.05, 0) is 50.2 Å². The van der Waals surface area contributed by atoms with Gasteiger partial charge in [0.15, 0.2) is 0 Å². The van der Waals surface area contributed by atoms with Gasteiger partial charge < -0.3 is 15.3 Å². The Hall–Kier alpha value is -1.78. The minimum absolute atomic E-state index is 0.565. The molecule has 1 aliphatic heterocycles. The fraction of sp³-hybridized carbons (Fsp3) is 0.625. The monoisotopic (exact) mass is 289 g/mol. The maximum Gasteiger partial charge on any atom is 0.404 e. The van der Waals surface area contributed by atoms with E-state index in [-0.39, 0.29) is 0 Å². The van der Waals surface area contributed by atoms with Crippen molar-refractivity contribution in [1.29, 1.82) is 0 Å². The minimum atomic E-state index is -0.923. The summed E-state index contributed by atoms with van der Waals surface area (Å²) in [5.74, 6) is 2.44. The lowest BCUT2D eigenvalue weighted by Crippen LogP contribution is -2.35. The summed E-state index contributed by atoms with van der Waals surface area (Å²) in [5, 5.41) is 11.0. The molecule has 1 amide bonds. The number of carbonyl (C=O) groups is 1. The summed E-state index contributed by atoms with van der Waals surface area (Å²) in [7, 11) is 0. The van der Waals surface area contributed by atoms with Gasteiger partial charge in [0, 0.05) is 31.2 Å². The number of hydrogen-bond acceptors (Lipinski definition) is 3. The SMILES string of the molecule is O=C(O)NCCC1CCN(c2cccc(C3CC3)n2)CC1. The van der Waals surface area contributed by atoms with Gasteiger partial charge >= 0.3 is 6.09 Å². The Morgan fingerprint density at radius 1 is 1.29 bits per heavy atom. The molecule has 3 rings (SSSR count). The van der Waals surface area contributed by atoms with Gasteiger partial charge in [0.25, 0.3) is 0 Å². The van der Waals surface area contributed by atoms with Gasteiger partial charge in [0.05, 0.1) is 0 Å². The van der Waals surface area contributed by atoms with E-state index in [9.17, 15) is 4.79 Å². The number of aromatic nitrogens is 1. The van der Waals surface area contributed by atoms with Gasteiger partial charge in [-0.2, -0.15) is 0 Å². The van der Waals surface area contributed by atoms with Crippen molar-refractivity contribution in [1.82, 2.24) is 10.3 Å². The van der Waals surface area contributed by atoms with Crippen LogP contribution in [0.15, 0.2) is 18.2 Å². The standard InChI is InChI=1S/C16H23N3O2/c20-16(21)17-9-6-12-7-10-19(11-8-12)15-3-1-2-14(18-15)13-4-5-13/h1-3,12-13,17H,4-11H2,(H,20,21). The van der Waals surface area contributed by atoms with E-state index in [2.05, 4.69) is 28.4 Å². The molecule has 1 aromatic heterocycles. The minimum Gasteiger partial charge on any atom is -0.465 e. The first-order valence-electron chi connectivity index (χ1n) is 7.91. The Morgan fingerprint density at radius 3 is 2.71 bits per heavy atom. The average molecular weight is 289 g/mol. The molecule has 21 heavy (non-hydrogen) atoms. The van der Waals surface area contributed by atoms with Crippen LogP contribution in [-0.4, -0.2) is 35.8 Å². The van der Waals surface area contributed by atoms with Crippen molar-refractivity contribution in [3.63, 3.8) is 0 Å². The Morgan fingerprint density at radius 2 is 2.05 bits per heavy atom. The topological polar surface area (TPSA) is 65.5 Å². The lowest BCUT2D eigenvalue weighted by atomic mass is 9.93. The number of anilines is 1. The largest absolute Gasteiger partial charge is 0.465 e. The van der Waals surface area contributed by atoms with E-state index in [1.165, 1.54) is 18.5 Å². The predicted octanol–water partition coefficient (Wildman–Crippen LogP) is 2.83. The first-order valence-corrected chi connectivity index (χ1v) is 7.91. The number of piperidine rings is 1. The van der Waals surface area contributed by atoms with Gasteiger partial charge in [0.2, 0.25) is 0 Å². The van der Waals surface area contributed by atoms with E-state index in [0.29, 0.717) is 18.4 Å². The third kappa shape index (κ3) is 3.86. The normalized spacial score (nSPS) is 19.5. The highest BCUT2D eigenvalue weighted by Gasteiger charge is 2.26. The molecule has 0 atom stereocenters. The van der Waals surface area contributed by atoms with Crippen LogP contribution in [0.3, 0.4) is 0 Å². The second kappa shape index (κ2) is 6.33. The molecule has 5 heteroatoms. The molecule has 0 aromatic carbocycles. The molecular formula is C16H23N3O2. The summed E-state index contributed by atoms with van der Waals surface area (Å²) in [6.45, 7) is 2.62. The van der Waals surface area contributed by atoms with Gasteiger partial charge in [-0.3, -0.25) is 0 Å². The molecule has 0 radical (unpaired) electrons. The lowest BCUT2D eigenvalue weighted by Gasteiger charge is -2.33. The lowest BCUT2D eigenvalue weighted by molar-refractivity contribution is 0.193. The molecule has 1 aromatic rings. The molecule has 2 aliphatic rings. The molecule has 1 aliphatic carbocycles. The van der Waals surface area contributed by atoms with E-state index in [1.54, 1.807) is 0 Å². The van der Waals surface area contributed by atoms with Crippen LogP contribution < -0.4 is 10.2 Å². The van der Waals surface area contributed by atoms with Crippen molar-refractivity contribution in [2.24, 2.45) is 5.92 Å². The Balaban J connectivity index is 1.48. The van der Waals surface area contributed by atoms with E-state index < -0.39 is 6.09 Å². The van der Waals surface area contributed by atoms with Crippen LogP contribution in [0.5, 0.6) is 0 Å². The first-order chi connectivity index (χ1) is 10.2. The third-order valence-electron chi connectivity index (χ3n) is 4.52. The zero-order chi connectivity index (χ0) is 14.7. The Labute approximate surface area is 125 Å². The molecule has 0 unspecified atom stereocenters. The Kier molecular flexibility index (Phi) is 4.27. The molecule has 2 fully saturated rings. The summed E-state index contributed by atoms with van der Waals surface area (Å²) in [6, 6.07) is 6.38. The van der Waals surface area contributed by atoms with Crippen LogP contribution in [0.1, 0.15) is 43.7 Å². The molecule has 1 saturated carbocycles. The second-order valence-corrected chi connectivity index (χ2v) is 6.15. The number of nitrogens with zero attached hydrogens (tertiary/aromatic N) is 2. The maximum absolute atomic E-state index is 10.4. The zero-order valence-corrected chi connectivity index (χ0v) is 12.3. The zero-order valence-electron chi connectivity index (χ0n) is 12.3. The molecule has 2 heterocycles. The van der Waals surface area contributed by atoms with E-state index in [0.717, 1.165) is 38.2 Å². The molecule has 114 valence electrons. The van der Waals surface area contributed by atoms with Crippen LogP contribution in [-0.2, 0) is 0 Å². The first kappa shape index (κ1) is 14.2. The molecular weight excluding hydrogens is 266 g/mol. The number of rotatable bonds is 5. The van der Waals surface area contributed by atoms with Crippen LogP contribution in [0.25, 0.3) is 0 Å². The predicted molar refractivity (Wildman–Crippen MR) is 81.8 cm³/mol. The highest BCUT2D eigenvalue weighted by Crippen LogP contribution is 2.39. The third-order valence-corrected chi connectivity index (χ3v) is 4.52. The average Bonchev–Trinajstić information content (AvgIpc) is 3.32. The van der Waals surface area contributed by atoms with Crippen molar-refractivity contribution in [2.75, 3.05) is 24.5 Å².